The van der Waals surface area contributed by atoms with Gasteiger partial charge in [-0.1, -0.05) is 41.4 Å². The molecule has 0 saturated heterocycles. The van der Waals surface area contributed by atoms with Crippen molar-refractivity contribution in [2.24, 2.45) is 0 Å². The van der Waals surface area contributed by atoms with Gasteiger partial charge in [-0.3, -0.25) is 3.97 Å². The molecule has 0 aliphatic carbocycles. The monoisotopic (exact) mass is 597 g/mol. The number of hydrogen-bond donors (Lipinski definition) is 0. The minimum atomic E-state index is -4.73. The van der Waals surface area contributed by atoms with E-state index in [0.29, 0.717) is 5.39 Å². The van der Waals surface area contributed by atoms with Crippen LogP contribution in [0.15, 0.2) is 53.6 Å². The fraction of sp³-hybridized carbons (Fsp3) is 0.259. The lowest BCUT2D eigenvalue weighted by Crippen LogP contribution is -2.24. The number of alkyl halides is 3. The molecule has 12 heteroatoms. The van der Waals surface area contributed by atoms with Gasteiger partial charge in [-0.2, -0.15) is 13.2 Å². The molecular weight excluding hydrogens is 574 g/mol. The first kappa shape index (κ1) is 28.9. The van der Waals surface area contributed by atoms with Crippen molar-refractivity contribution in [2.75, 3.05) is 0 Å². The summed E-state index contributed by atoms with van der Waals surface area (Å²) in [6.45, 7) is 6.59. The lowest BCUT2D eigenvalue weighted by atomic mass is 10.1. The fourth-order valence-corrected chi connectivity index (χ4v) is 6.26. The van der Waals surface area contributed by atoms with Crippen LogP contribution in [0.3, 0.4) is 0 Å². The smallest absolute Gasteiger partial charge is 0.433 e. The van der Waals surface area contributed by atoms with Crippen molar-refractivity contribution in [3.05, 3.63) is 86.9 Å². The van der Waals surface area contributed by atoms with Crippen LogP contribution >= 0.6 is 23.2 Å². The number of carbonyl (C=O) groups is 1. The van der Waals surface area contributed by atoms with E-state index in [-0.39, 0.29) is 49.5 Å². The summed E-state index contributed by atoms with van der Waals surface area (Å²) in [5.41, 5.74) is -1.41. The van der Waals surface area contributed by atoms with Crippen molar-refractivity contribution >= 4 is 55.8 Å². The summed E-state index contributed by atoms with van der Waals surface area (Å²) in [7, 11) is -3.44. The molecule has 0 saturated carbocycles. The van der Waals surface area contributed by atoms with Gasteiger partial charge < -0.3 is 4.74 Å². The average Bonchev–Trinajstić information content (AvgIpc) is 3.20. The molecule has 0 amide bonds. The number of pyridine rings is 2. The van der Waals surface area contributed by atoms with Gasteiger partial charge in [-0.05, 0) is 63.4 Å². The SMILES string of the molecule is C=S(=O)(c1ccccc1)n1c(Cc2c(Cl)ncc(C(=O)OC(C)(C)C)c2Cl)cc2c(C)cc(C(F)(F)F)nc21. The van der Waals surface area contributed by atoms with Crippen molar-refractivity contribution < 1.29 is 26.9 Å². The topological polar surface area (TPSA) is 74.1 Å². The van der Waals surface area contributed by atoms with E-state index in [1.165, 1.54) is 17.1 Å². The van der Waals surface area contributed by atoms with Gasteiger partial charge >= 0.3 is 12.1 Å². The van der Waals surface area contributed by atoms with E-state index in [0.717, 1.165) is 6.07 Å². The predicted molar refractivity (Wildman–Crippen MR) is 147 cm³/mol. The maximum absolute atomic E-state index is 14.2. The number of rotatable bonds is 5. The quantitative estimate of drug-likeness (QED) is 0.139. The molecule has 1 atom stereocenters. The molecule has 6 nitrogen and oxygen atoms in total. The highest BCUT2D eigenvalue weighted by molar-refractivity contribution is 7.99. The second kappa shape index (κ2) is 10.1. The van der Waals surface area contributed by atoms with Crippen LogP contribution in [-0.2, 0) is 27.0 Å². The van der Waals surface area contributed by atoms with E-state index in [9.17, 15) is 22.2 Å². The molecule has 4 aromatic rings. The molecule has 0 radical (unpaired) electrons. The van der Waals surface area contributed by atoms with Crippen LogP contribution < -0.4 is 0 Å². The van der Waals surface area contributed by atoms with Crippen LogP contribution in [0, 0.1) is 6.92 Å². The molecule has 4 rings (SSSR count). The van der Waals surface area contributed by atoms with Crippen LogP contribution in [0.25, 0.3) is 11.0 Å². The second-order valence-electron chi connectivity index (χ2n) is 9.88. The summed E-state index contributed by atoms with van der Waals surface area (Å²) in [6, 6.07) is 10.6. The van der Waals surface area contributed by atoms with Gasteiger partial charge in [0, 0.05) is 29.3 Å². The first-order chi connectivity index (χ1) is 18.0. The highest BCUT2D eigenvalue weighted by Gasteiger charge is 2.34. The summed E-state index contributed by atoms with van der Waals surface area (Å²) in [5, 5.41) is 0.255. The first-order valence-corrected chi connectivity index (χ1v) is 14.0. The van der Waals surface area contributed by atoms with Gasteiger partial charge in [0.15, 0.2) is 5.65 Å². The summed E-state index contributed by atoms with van der Waals surface area (Å²) in [6.07, 6.45) is -3.69. The molecule has 1 unspecified atom stereocenters. The van der Waals surface area contributed by atoms with Crippen LogP contribution in [0.2, 0.25) is 10.2 Å². The third-order valence-corrected chi connectivity index (χ3v) is 8.50. The van der Waals surface area contributed by atoms with E-state index in [4.69, 9.17) is 27.9 Å². The number of esters is 1. The Morgan fingerprint density at radius 3 is 2.36 bits per heavy atom. The largest absolute Gasteiger partial charge is 0.456 e. The van der Waals surface area contributed by atoms with Crippen molar-refractivity contribution in [1.29, 1.82) is 0 Å². The molecule has 0 N–H and O–H groups in total. The van der Waals surface area contributed by atoms with Gasteiger partial charge in [0.05, 0.1) is 25.2 Å². The Bertz CT molecular complexity index is 1690. The molecular formula is C27H24Cl2F3N3O3S. The maximum atomic E-state index is 14.2. The molecule has 1 aromatic carbocycles. The highest BCUT2D eigenvalue weighted by atomic mass is 35.5. The third-order valence-electron chi connectivity index (χ3n) is 5.74. The Labute approximate surface area is 233 Å². The minimum absolute atomic E-state index is 0.0410. The molecule has 206 valence electrons. The third kappa shape index (κ3) is 5.78. The van der Waals surface area contributed by atoms with Gasteiger partial charge in [0.25, 0.3) is 0 Å². The number of aromatic nitrogens is 3. The Hall–Kier alpha value is -3.08. The fourth-order valence-electron chi connectivity index (χ4n) is 4.01. The number of ether oxygens (including phenoxy) is 1. The maximum Gasteiger partial charge on any atom is 0.433 e. The molecule has 3 aromatic heterocycles. The molecule has 0 aliphatic heterocycles. The standard InChI is InChI=1S/C27H24Cl2F3N3O3S/c1-15-11-21(27(30,31)32)34-24-18(15)12-16(35(24)39(5,37)17-9-7-6-8-10-17)13-19-22(28)20(14-33-23(19)29)25(36)38-26(2,3)4/h6-12,14H,5,13H2,1-4H3. The van der Waals surface area contributed by atoms with E-state index in [1.807, 2.05) is 0 Å². The summed E-state index contributed by atoms with van der Waals surface area (Å²) >= 11 is 13.0. The van der Waals surface area contributed by atoms with Crippen molar-refractivity contribution in [3.63, 3.8) is 0 Å². The number of aryl methyl sites for hydroxylation is 1. The zero-order valence-electron chi connectivity index (χ0n) is 21.4. The lowest BCUT2D eigenvalue weighted by molar-refractivity contribution is -0.141. The Kier molecular flexibility index (Phi) is 7.52. The Morgan fingerprint density at radius 2 is 1.77 bits per heavy atom. The van der Waals surface area contributed by atoms with Gasteiger partial charge in [-0.25, -0.2) is 19.0 Å². The second-order valence-corrected chi connectivity index (χ2v) is 12.7. The number of carbonyl (C=O) groups excluding carboxylic acids is 1. The van der Waals surface area contributed by atoms with Crippen LogP contribution in [0.5, 0.6) is 0 Å². The zero-order valence-corrected chi connectivity index (χ0v) is 23.7. The lowest BCUT2D eigenvalue weighted by Gasteiger charge is -2.20. The summed E-state index contributed by atoms with van der Waals surface area (Å²) < 4.78 is 61.9. The van der Waals surface area contributed by atoms with Crippen molar-refractivity contribution in [2.45, 2.75) is 50.8 Å². The number of fused-ring (bicyclic) bond motifs is 1. The van der Waals surface area contributed by atoms with Crippen molar-refractivity contribution in [1.82, 2.24) is 13.9 Å². The van der Waals surface area contributed by atoms with E-state index >= 15 is 0 Å². The molecule has 0 fully saturated rings. The van der Waals surface area contributed by atoms with E-state index < -0.39 is 33.1 Å². The van der Waals surface area contributed by atoms with Crippen LogP contribution in [0.4, 0.5) is 13.2 Å². The van der Waals surface area contributed by atoms with Gasteiger partial charge in [0.1, 0.15) is 16.4 Å². The normalized spacial score (nSPS) is 13.9. The molecule has 0 spiro atoms. The summed E-state index contributed by atoms with van der Waals surface area (Å²) in [5.74, 6) is 3.18. The molecule has 3 heterocycles. The van der Waals surface area contributed by atoms with Crippen molar-refractivity contribution in [3.8, 4) is 0 Å². The Morgan fingerprint density at radius 1 is 1.13 bits per heavy atom. The van der Waals surface area contributed by atoms with E-state index in [2.05, 4.69) is 15.8 Å². The predicted octanol–water partition coefficient (Wildman–Crippen LogP) is 7.15. The summed E-state index contributed by atoms with van der Waals surface area (Å²) in [4.78, 5) is 21.0. The molecule has 0 bridgehead atoms. The van der Waals surface area contributed by atoms with Gasteiger partial charge in [0.2, 0.25) is 0 Å². The zero-order chi connectivity index (χ0) is 28.9. The molecule has 0 aliphatic rings. The minimum Gasteiger partial charge on any atom is -0.456 e. The number of nitrogens with zero attached hydrogens (tertiary/aromatic N) is 3. The average molecular weight is 598 g/mol. The molecule has 39 heavy (non-hydrogen) atoms. The first-order valence-electron chi connectivity index (χ1n) is 11.6. The highest BCUT2D eigenvalue weighted by Crippen LogP contribution is 2.36. The number of benzene rings is 1. The van der Waals surface area contributed by atoms with Crippen LogP contribution in [0.1, 0.15) is 53.6 Å². The van der Waals surface area contributed by atoms with E-state index in [1.54, 1.807) is 57.2 Å². The number of halogens is 5. The number of hydrogen-bond acceptors (Lipinski definition) is 5. The van der Waals surface area contributed by atoms with Crippen LogP contribution in [-0.4, -0.2) is 35.6 Å². The van der Waals surface area contributed by atoms with Gasteiger partial charge in [-0.15, -0.1) is 0 Å². The Balaban J connectivity index is 1.98.